The normalized spacial score (nSPS) is 10.9. The monoisotopic (exact) mass is 290 g/mol. The molecule has 1 aromatic carbocycles. The second-order valence-corrected chi connectivity index (χ2v) is 4.74. The molecule has 0 radical (unpaired) electrons. The predicted molar refractivity (Wildman–Crippen MR) is 78.4 cm³/mol. The molecule has 0 unspecified atom stereocenters. The van der Waals surface area contributed by atoms with Crippen molar-refractivity contribution in [3.63, 3.8) is 0 Å². The molecule has 4 nitrogen and oxygen atoms in total. The largest absolute Gasteiger partial charge is 0.361 e. The van der Waals surface area contributed by atoms with E-state index in [-0.39, 0.29) is 5.91 Å². The van der Waals surface area contributed by atoms with Crippen LogP contribution in [0, 0.1) is 6.92 Å². The van der Waals surface area contributed by atoms with E-state index in [1.165, 1.54) is 6.08 Å². The van der Waals surface area contributed by atoms with Gasteiger partial charge in [0.05, 0.1) is 5.69 Å². The summed E-state index contributed by atoms with van der Waals surface area (Å²) in [6.07, 6.45) is 3.77. The molecule has 1 amide bonds. The lowest BCUT2D eigenvalue weighted by molar-refractivity contribution is -0.116. The lowest BCUT2D eigenvalue weighted by Gasteiger charge is -2.00. The maximum Gasteiger partial charge on any atom is 0.244 e. The third-order valence-corrected chi connectivity index (χ3v) is 3.01. The minimum Gasteiger partial charge on any atom is -0.361 e. The van der Waals surface area contributed by atoms with Gasteiger partial charge in [0.2, 0.25) is 5.91 Å². The summed E-state index contributed by atoms with van der Waals surface area (Å²) in [6.45, 7) is 2.36. The summed E-state index contributed by atoms with van der Waals surface area (Å²) in [6, 6.07) is 9.20. The predicted octanol–water partition coefficient (Wildman–Crippen LogP) is 3.01. The molecule has 104 valence electrons. The maximum atomic E-state index is 11.6. The van der Waals surface area contributed by atoms with Crippen molar-refractivity contribution >= 4 is 23.6 Å². The van der Waals surface area contributed by atoms with Crippen molar-refractivity contribution in [2.24, 2.45) is 0 Å². The molecular weight excluding hydrogens is 276 g/mol. The highest BCUT2D eigenvalue weighted by molar-refractivity contribution is 6.32. The fraction of sp³-hybridized carbons (Fsp3) is 0.200. The first-order valence-electron chi connectivity index (χ1n) is 6.28. The van der Waals surface area contributed by atoms with Gasteiger partial charge in [-0.15, -0.1) is 0 Å². The Labute approximate surface area is 122 Å². The standard InChI is InChI=1S/C15H15ClN2O2/c1-11-10-13(20-18-11)8-9-17-15(19)7-6-12-4-2-3-5-14(12)16/h2-7,10H,8-9H2,1H3,(H,17,19)/b7-6+. The van der Waals surface area contributed by atoms with Gasteiger partial charge < -0.3 is 9.84 Å². The number of nitrogens with zero attached hydrogens (tertiary/aromatic N) is 1. The number of aromatic nitrogens is 1. The number of amides is 1. The van der Waals surface area contributed by atoms with E-state index in [1.54, 1.807) is 12.1 Å². The van der Waals surface area contributed by atoms with Crippen LogP contribution in [0.5, 0.6) is 0 Å². The Kier molecular flexibility index (Phi) is 4.96. The van der Waals surface area contributed by atoms with Gasteiger partial charge in [-0.1, -0.05) is 35.0 Å². The number of carbonyl (C=O) groups excluding carboxylic acids is 1. The Bertz CT molecular complexity index is 620. The third-order valence-electron chi connectivity index (χ3n) is 2.67. The number of hydrogen-bond acceptors (Lipinski definition) is 3. The number of benzene rings is 1. The summed E-state index contributed by atoms with van der Waals surface area (Å²) in [5.74, 6) is 0.596. The van der Waals surface area contributed by atoms with Crippen molar-refractivity contribution < 1.29 is 9.32 Å². The number of nitrogens with one attached hydrogen (secondary N) is 1. The molecule has 0 saturated heterocycles. The summed E-state index contributed by atoms with van der Waals surface area (Å²) in [5, 5.41) is 7.18. The minimum atomic E-state index is -0.166. The molecule has 5 heteroatoms. The van der Waals surface area contributed by atoms with Crippen LogP contribution in [0.15, 0.2) is 40.9 Å². The van der Waals surface area contributed by atoms with Crippen LogP contribution >= 0.6 is 11.6 Å². The smallest absolute Gasteiger partial charge is 0.244 e. The van der Waals surface area contributed by atoms with E-state index in [0.29, 0.717) is 18.0 Å². The van der Waals surface area contributed by atoms with Crippen molar-refractivity contribution in [3.05, 3.63) is 58.4 Å². The summed E-state index contributed by atoms with van der Waals surface area (Å²) in [5.41, 5.74) is 1.65. The van der Waals surface area contributed by atoms with E-state index < -0.39 is 0 Å². The molecule has 20 heavy (non-hydrogen) atoms. The van der Waals surface area contributed by atoms with Crippen LogP contribution in [-0.2, 0) is 11.2 Å². The summed E-state index contributed by atoms with van der Waals surface area (Å²) in [7, 11) is 0. The van der Waals surface area contributed by atoms with Crippen LogP contribution in [0.3, 0.4) is 0 Å². The van der Waals surface area contributed by atoms with Gasteiger partial charge in [-0.25, -0.2) is 0 Å². The Morgan fingerprint density at radius 3 is 2.95 bits per heavy atom. The molecular formula is C15H15ClN2O2. The molecule has 0 atom stereocenters. The van der Waals surface area contributed by atoms with Crippen LogP contribution in [0.25, 0.3) is 6.08 Å². The first kappa shape index (κ1) is 14.3. The Balaban J connectivity index is 1.79. The number of halogens is 1. The van der Waals surface area contributed by atoms with Crippen LogP contribution in [0.2, 0.25) is 5.02 Å². The van der Waals surface area contributed by atoms with E-state index >= 15 is 0 Å². The van der Waals surface area contributed by atoms with Crippen molar-refractivity contribution in [3.8, 4) is 0 Å². The third kappa shape index (κ3) is 4.24. The van der Waals surface area contributed by atoms with Gasteiger partial charge in [-0.2, -0.15) is 0 Å². The summed E-state index contributed by atoms with van der Waals surface area (Å²) < 4.78 is 5.05. The van der Waals surface area contributed by atoms with E-state index in [0.717, 1.165) is 17.0 Å². The second kappa shape index (κ2) is 6.91. The number of hydrogen-bond donors (Lipinski definition) is 1. The fourth-order valence-electron chi connectivity index (χ4n) is 1.68. The molecule has 0 bridgehead atoms. The van der Waals surface area contributed by atoms with Gasteiger partial charge in [0.1, 0.15) is 5.76 Å². The van der Waals surface area contributed by atoms with E-state index in [4.69, 9.17) is 16.1 Å². The van der Waals surface area contributed by atoms with Crippen molar-refractivity contribution in [2.75, 3.05) is 6.54 Å². The summed E-state index contributed by atoms with van der Waals surface area (Å²) >= 11 is 5.99. The van der Waals surface area contributed by atoms with Crippen LogP contribution in [0.1, 0.15) is 17.0 Å². The molecule has 0 aliphatic heterocycles. The molecule has 0 aliphatic carbocycles. The van der Waals surface area contributed by atoms with Gasteiger partial charge in [0.15, 0.2) is 0 Å². The molecule has 2 aromatic rings. The highest BCUT2D eigenvalue weighted by Gasteiger charge is 2.01. The Hall–Kier alpha value is -2.07. The first-order chi connectivity index (χ1) is 9.65. The molecule has 1 N–H and O–H groups in total. The van der Waals surface area contributed by atoms with E-state index in [9.17, 15) is 4.79 Å². The van der Waals surface area contributed by atoms with Crippen molar-refractivity contribution in [2.45, 2.75) is 13.3 Å². The van der Waals surface area contributed by atoms with Gasteiger partial charge in [0.25, 0.3) is 0 Å². The maximum absolute atomic E-state index is 11.6. The number of carbonyl (C=O) groups is 1. The molecule has 0 saturated carbocycles. The van der Waals surface area contributed by atoms with Gasteiger partial charge in [-0.05, 0) is 24.6 Å². The molecule has 0 spiro atoms. The SMILES string of the molecule is Cc1cc(CCNC(=O)/C=C/c2ccccc2Cl)on1. The highest BCUT2D eigenvalue weighted by atomic mass is 35.5. The zero-order valence-corrected chi connectivity index (χ0v) is 11.9. The van der Waals surface area contributed by atoms with Crippen molar-refractivity contribution in [1.29, 1.82) is 0 Å². The van der Waals surface area contributed by atoms with Gasteiger partial charge in [-0.3, -0.25) is 4.79 Å². The fourth-order valence-corrected chi connectivity index (χ4v) is 1.88. The van der Waals surface area contributed by atoms with Crippen LogP contribution in [-0.4, -0.2) is 17.6 Å². The first-order valence-corrected chi connectivity index (χ1v) is 6.65. The van der Waals surface area contributed by atoms with E-state index in [2.05, 4.69) is 10.5 Å². The molecule has 0 fully saturated rings. The Morgan fingerprint density at radius 2 is 2.25 bits per heavy atom. The topological polar surface area (TPSA) is 55.1 Å². The quantitative estimate of drug-likeness (QED) is 0.861. The molecule has 2 rings (SSSR count). The highest BCUT2D eigenvalue weighted by Crippen LogP contribution is 2.15. The zero-order chi connectivity index (χ0) is 14.4. The second-order valence-electron chi connectivity index (χ2n) is 4.33. The number of aryl methyl sites for hydroxylation is 1. The lowest BCUT2D eigenvalue weighted by atomic mass is 10.2. The van der Waals surface area contributed by atoms with Gasteiger partial charge in [0, 0.05) is 30.1 Å². The average Bonchev–Trinajstić information content (AvgIpc) is 2.83. The Morgan fingerprint density at radius 1 is 1.45 bits per heavy atom. The van der Waals surface area contributed by atoms with Crippen molar-refractivity contribution in [1.82, 2.24) is 10.5 Å². The minimum absolute atomic E-state index is 0.166. The summed E-state index contributed by atoms with van der Waals surface area (Å²) in [4.78, 5) is 11.6. The number of rotatable bonds is 5. The molecule has 1 heterocycles. The van der Waals surface area contributed by atoms with Crippen LogP contribution in [0.4, 0.5) is 0 Å². The molecule has 0 aliphatic rings. The van der Waals surface area contributed by atoms with Crippen LogP contribution < -0.4 is 5.32 Å². The molecule has 1 aromatic heterocycles. The van der Waals surface area contributed by atoms with E-state index in [1.807, 2.05) is 31.2 Å². The van der Waals surface area contributed by atoms with Gasteiger partial charge >= 0.3 is 0 Å². The zero-order valence-electron chi connectivity index (χ0n) is 11.1. The lowest BCUT2D eigenvalue weighted by Crippen LogP contribution is -2.23. The average molecular weight is 291 g/mol.